The van der Waals surface area contributed by atoms with Crippen LogP contribution >= 0.6 is 0 Å². The van der Waals surface area contributed by atoms with E-state index in [9.17, 15) is 14.8 Å². The summed E-state index contributed by atoms with van der Waals surface area (Å²) in [5.74, 6) is -0.107. The third-order valence-electron chi connectivity index (χ3n) is 10.1. The first-order valence-electron chi connectivity index (χ1n) is 17.4. The second-order valence-electron chi connectivity index (χ2n) is 13.6. The number of ketones is 2. The van der Waals surface area contributed by atoms with Gasteiger partial charge in [-0.1, -0.05) is 94.9 Å². The van der Waals surface area contributed by atoms with Crippen molar-refractivity contribution in [3.05, 3.63) is 107 Å². The number of Topliss-reactive ketones (excluding diaryl/α,β-unsaturated/α-hetero) is 1. The predicted molar refractivity (Wildman–Crippen MR) is 195 cm³/mol. The maximum absolute atomic E-state index is 14.2. The molecule has 5 heteroatoms. The zero-order chi connectivity index (χ0) is 33.3. The molecule has 1 heterocycles. The number of nitrogens with zero attached hydrogens (tertiary/aromatic N) is 2. The molecule has 6 rings (SSSR count). The van der Waals surface area contributed by atoms with Gasteiger partial charge >= 0.3 is 0 Å². The lowest BCUT2D eigenvalue weighted by molar-refractivity contribution is 0.103. The van der Waals surface area contributed by atoms with Gasteiger partial charge in [-0.05, 0) is 96.8 Å². The Morgan fingerprint density at radius 3 is 1.96 bits per heavy atom. The largest absolute Gasteiger partial charge is 0.411 e. The number of carbonyl (C=O) groups is 2. The minimum absolute atomic E-state index is 0. The summed E-state index contributed by atoms with van der Waals surface area (Å²) >= 11 is 0. The average molecular weight is 629 g/mol. The SMILES string of the molecule is CCCCC1(CCCC)c2ccccc2-c2cc(C(=O)c3ccc4c(c3)c3cc(C(=O)/C(CC(C)C)=N/O)ccc3n4CC)ccc21.[HH]. The van der Waals surface area contributed by atoms with E-state index in [1.165, 1.54) is 35.1 Å². The fraction of sp³-hybridized carbons (Fsp3) is 0.357. The van der Waals surface area contributed by atoms with E-state index in [0.29, 0.717) is 23.1 Å². The van der Waals surface area contributed by atoms with Gasteiger partial charge in [-0.3, -0.25) is 9.59 Å². The standard InChI is InChI=1S/C42H46N2O3.H2/c1-6-9-21-42(22-10-7-2)35-14-12-11-13-31(35)32-24-28(15-18-36(32)42)40(45)29-16-19-38-33(25-29)34-26-30(17-20-39(34)44(38)8-3)41(46)37(43-47)23-27(4)5;/h11-20,24-27,47H,6-10,21-23H2,1-5H3;1H/b43-37+;. The Morgan fingerprint density at radius 2 is 1.34 bits per heavy atom. The third kappa shape index (κ3) is 5.60. The molecule has 0 atom stereocenters. The van der Waals surface area contributed by atoms with Gasteiger partial charge in [-0.2, -0.15) is 0 Å². The molecular formula is C42H48N2O3. The molecular weight excluding hydrogens is 580 g/mol. The van der Waals surface area contributed by atoms with Crippen molar-refractivity contribution in [3.63, 3.8) is 0 Å². The number of hydrogen-bond acceptors (Lipinski definition) is 4. The van der Waals surface area contributed by atoms with Crippen LogP contribution in [0, 0.1) is 5.92 Å². The van der Waals surface area contributed by atoms with Gasteiger partial charge in [-0.15, -0.1) is 0 Å². The molecule has 1 aliphatic carbocycles. The highest BCUT2D eigenvalue weighted by atomic mass is 16.4. The quantitative estimate of drug-likeness (QED) is 0.0610. The van der Waals surface area contributed by atoms with Gasteiger partial charge in [0, 0.05) is 51.9 Å². The number of benzene rings is 4. The Kier molecular flexibility index (Phi) is 9.18. The van der Waals surface area contributed by atoms with Crippen molar-refractivity contribution in [1.29, 1.82) is 0 Å². The van der Waals surface area contributed by atoms with E-state index in [0.717, 1.165) is 54.0 Å². The van der Waals surface area contributed by atoms with Crippen molar-refractivity contribution in [1.82, 2.24) is 4.57 Å². The number of rotatable bonds is 13. The van der Waals surface area contributed by atoms with E-state index in [1.807, 2.05) is 50.2 Å². The molecule has 0 fully saturated rings. The van der Waals surface area contributed by atoms with Crippen LogP contribution in [0.2, 0.25) is 0 Å². The minimum Gasteiger partial charge on any atom is -0.411 e. The van der Waals surface area contributed by atoms with Crippen LogP contribution in [-0.4, -0.2) is 27.1 Å². The first kappa shape index (κ1) is 32.4. The van der Waals surface area contributed by atoms with Crippen LogP contribution in [0.3, 0.4) is 0 Å². The number of fused-ring (bicyclic) bond motifs is 6. The van der Waals surface area contributed by atoms with Crippen LogP contribution in [0.5, 0.6) is 0 Å². The van der Waals surface area contributed by atoms with Gasteiger partial charge in [0.15, 0.2) is 5.78 Å². The Balaban J connectivity index is 0.00000451. The molecule has 5 aromatic rings. The van der Waals surface area contributed by atoms with E-state index in [4.69, 9.17) is 0 Å². The molecule has 0 bridgehead atoms. The Labute approximate surface area is 279 Å². The van der Waals surface area contributed by atoms with Crippen molar-refractivity contribution >= 4 is 39.1 Å². The van der Waals surface area contributed by atoms with Crippen molar-refractivity contribution < 1.29 is 16.2 Å². The molecule has 0 saturated carbocycles. The maximum Gasteiger partial charge on any atom is 0.210 e. The first-order chi connectivity index (χ1) is 22.8. The number of aryl methyl sites for hydroxylation is 1. The van der Waals surface area contributed by atoms with Crippen LogP contribution in [0.1, 0.15) is 118 Å². The molecule has 47 heavy (non-hydrogen) atoms. The summed E-state index contributed by atoms with van der Waals surface area (Å²) in [5, 5.41) is 14.8. The zero-order valence-electron chi connectivity index (χ0n) is 28.4. The second kappa shape index (κ2) is 13.3. The molecule has 0 spiro atoms. The Bertz CT molecular complexity index is 2010. The molecule has 1 N–H and O–H groups in total. The van der Waals surface area contributed by atoms with Crippen molar-refractivity contribution in [2.45, 2.75) is 91.5 Å². The lowest BCUT2D eigenvalue weighted by Crippen LogP contribution is -2.25. The van der Waals surface area contributed by atoms with Crippen molar-refractivity contribution in [2.75, 3.05) is 0 Å². The van der Waals surface area contributed by atoms with Crippen LogP contribution < -0.4 is 0 Å². The molecule has 0 aliphatic heterocycles. The highest BCUT2D eigenvalue weighted by molar-refractivity contribution is 6.46. The third-order valence-corrected chi connectivity index (χ3v) is 10.1. The van der Waals surface area contributed by atoms with Gasteiger partial charge in [0.2, 0.25) is 5.78 Å². The maximum atomic E-state index is 14.2. The van der Waals surface area contributed by atoms with Crippen LogP contribution in [0.25, 0.3) is 32.9 Å². The van der Waals surface area contributed by atoms with Gasteiger partial charge in [0.1, 0.15) is 5.71 Å². The van der Waals surface area contributed by atoms with Crippen LogP contribution in [0.15, 0.2) is 84.0 Å². The van der Waals surface area contributed by atoms with Gasteiger partial charge in [-0.25, -0.2) is 0 Å². The average Bonchev–Trinajstić information content (AvgIpc) is 3.56. The molecule has 1 aliphatic rings. The highest BCUT2D eigenvalue weighted by Crippen LogP contribution is 2.54. The van der Waals surface area contributed by atoms with Crippen LogP contribution in [0.4, 0.5) is 0 Å². The molecule has 0 unspecified atom stereocenters. The Morgan fingerprint density at radius 1 is 0.766 bits per heavy atom. The summed E-state index contributed by atoms with van der Waals surface area (Å²) < 4.78 is 2.21. The molecule has 0 radical (unpaired) electrons. The lowest BCUT2D eigenvalue weighted by Gasteiger charge is -2.32. The van der Waals surface area contributed by atoms with E-state index >= 15 is 0 Å². The van der Waals surface area contributed by atoms with E-state index in [-0.39, 0.29) is 30.0 Å². The molecule has 244 valence electrons. The molecule has 4 aromatic carbocycles. The number of unbranched alkanes of at least 4 members (excludes halogenated alkanes) is 2. The number of aromatic nitrogens is 1. The lowest BCUT2D eigenvalue weighted by atomic mass is 9.71. The second-order valence-corrected chi connectivity index (χ2v) is 13.6. The van der Waals surface area contributed by atoms with Crippen LogP contribution in [-0.2, 0) is 12.0 Å². The minimum atomic E-state index is -0.278. The monoisotopic (exact) mass is 628 g/mol. The number of carbonyl (C=O) groups excluding carboxylic acids is 2. The summed E-state index contributed by atoms with van der Waals surface area (Å²) in [6.45, 7) is 11.4. The van der Waals surface area contributed by atoms with Gasteiger partial charge in [0.05, 0.1) is 0 Å². The summed E-state index contributed by atoms with van der Waals surface area (Å²) in [6.07, 6.45) is 7.28. The Hall–Kier alpha value is -4.51. The van der Waals surface area contributed by atoms with E-state index in [2.05, 4.69) is 66.9 Å². The molecule has 5 nitrogen and oxygen atoms in total. The van der Waals surface area contributed by atoms with Gasteiger partial charge < -0.3 is 9.77 Å². The smallest absolute Gasteiger partial charge is 0.210 e. The summed E-state index contributed by atoms with van der Waals surface area (Å²) in [5.41, 5.74) is 9.16. The zero-order valence-corrected chi connectivity index (χ0v) is 28.4. The van der Waals surface area contributed by atoms with Crippen molar-refractivity contribution in [3.8, 4) is 11.1 Å². The van der Waals surface area contributed by atoms with E-state index in [1.54, 1.807) is 6.07 Å². The van der Waals surface area contributed by atoms with Crippen molar-refractivity contribution in [2.24, 2.45) is 11.1 Å². The number of hydrogen-bond donors (Lipinski definition) is 1. The predicted octanol–water partition coefficient (Wildman–Crippen LogP) is 11.0. The first-order valence-corrected chi connectivity index (χ1v) is 17.4. The van der Waals surface area contributed by atoms with E-state index < -0.39 is 0 Å². The van der Waals surface area contributed by atoms with Gasteiger partial charge in [0.25, 0.3) is 0 Å². The molecule has 0 saturated heterocycles. The summed E-state index contributed by atoms with van der Waals surface area (Å²) in [4.78, 5) is 27.5. The fourth-order valence-corrected chi connectivity index (χ4v) is 7.85. The highest BCUT2D eigenvalue weighted by Gasteiger charge is 2.42. The normalized spacial score (nSPS) is 13.8. The summed E-state index contributed by atoms with van der Waals surface area (Å²) in [7, 11) is 0. The molecule has 1 aromatic heterocycles. The number of oxime groups is 1. The topological polar surface area (TPSA) is 71.7 Å². The fourth-order valence-electron chi connectivity index (χ4n) is 7.85. The molecule has 0 amide bonds. The summed E-state index contributed by atoms with van der Waals surface area (Å²) in [6, 6.07) is 26.7.